The van der Waals surface area contributed by atoms with Crippen molar-refractivity contribution >= 4 is 16.0 Å². The minimum atomic E-state index is -4.36. The van der Waals surface area contributed by atoms with Crippen molar-refractivity contribution in [3.05, 3.63) is 0 Å². The van der Waals surface area contributed by atoms with Crippen LogP contribution in [0.5, 0.6) is 0 Å². The number of nitrogens with one attached hydrogen (secondary N) is 1. The number of hydrogen-bond donors (Lipinski definition) is 4. The van der Waals surface area contributed by atoms with Crippen molar-refractivity contribution in [2.45, 2.75) is 96.9 Å². The molecule has 0 aromatic heterocycles. The Bertz CT molecular complexity index is 903. The molecule has 8 nitrogen and oxygen atoms in total. The molecular weight excluding hydrogens is 493 g/mol. The van der Waals surface area contributed by atoms with Gasteiger partial charge in [0.1, 0.15) is 0 Å². The molecule has 4 aliphatic carbocycles. The predicted molar refractivity (Wildman–Crippen MR) is 130 cm³/mol. The van der Waals surface area contributed by atoms with E-state index >= 15 is 0 Å². The molecular formula is C26H44NNaO7S. The number of rotatable bonds is 7. The SMILES string of the molecule is CC(CCC(=O)NCCS(=O)(=O)[O-])C1C(O)CC2C3CCC4CC(O)CCC4(C)C3CC(O)C21C.[Na+]. The van der Waals surface area contributed by atoms with E-state index < -0.39 is 33.5 Å². The average molecular weight is 538 g/mol. The molecule has 0 aliphatic heterocycles. The maximum atomic E-state index is 12.2. The van der Waals surface area contributed by atoms with E-state index in [-0.39, 0.29) is 77.7 Å². The molecule has 4 fully saturated rings. The van der Waals surface area contributed by atoms with Gasteiger partial charge in [-0.1, -0.05) is 20.8 Å². The van der Waals surface area contributed by atoms with Gasteiger partial charge in [-0.2, -0.15) is 0 Å². The van der Waals surface area contributed by atoms with Gasteiger partial charge in [0, 0.05) is 18.4 Å². The zero-order chi connectivity index (χ0) is 25.8. The monoisotopic (exact) mass is 537 g/mol. The largest absolute Gasteiger partial charge is 1.00 e. The van der Waals surface area contributed by atoms with Crippen LogP contribution in [0.15, 0.2) is 0 Å². The van der Waals surface area contributed by atoms with Crippen molar-refractivity contribution in [1.29, 1.82) is 0 Å². The predicted octanol–water partition coefficient (Wildman–Crippen LogP) is -0.970. The number of hydrogen-bond acceptors (Lipinski definition) is 7. The van der Waals surface area contributed by atoms with Crippen molar-refractivity contribution in [2.24, 2.45) is 46.3 Å². The van der Waals surface area contributed by atoms with Crippen LogP contribution in [-0.2, 0) is 14.9 Å². The molecule has 4 saturated carbocycles. The summed E-state index contributed by atoms with van der Waals surface area (Å²) in [5.41, 5.74) is -0.279. The number of amides is 1. The van der Waals surface area contributed by atoms with Gasteiger partial charge in [0.05, 0.1) is 34.2 Å². The molecule has 0 aromatic carbocycles. The van der Waals surface area contributed by atoms with Gasteiger partial charge in [-0.3, -0.25) is 4.79 Å². The van der Waals surface area contributed by atoms with Crippen molar-refractivity contribution in [1.82, 2.24) is 5.32 Å². The van der Waals surface area contributed by atoms with Crippen LogP contribution in [0.25, 0.3) is 0 Å². The third kappa shape index (κ3) is 5.74. The Morgan fingerprint density at radius 3 is 2.44 bits per heavy atom. The number of aliphatic hydroxyl groups is 3. The molecule has 4 rings (SSSR count). The minimum absolute atomic E-state index is 0. The first-order chi connectivity index (χ1) is 16.3. The van der Waals surface area contributed by atoms with Crippen molar-refractivity contribution in [3.63, 3.8) is 0 Å². The molecule has 0 aromatic rings. The van der Waals surface area contributed by atoms with Gasteiger partial charge in [0.15, 0.2) is 0 Å². The first kappa shape index (κ1) is 30.8. The number of carbonyl (C=O) groups is 1. The fraction of sp³-hybridized carbons (Fsp3) is 0.962. The van der Waals surface area contributed by atoms with Crippen LogP contribution in [0.4, 0.5) is 0 Å². The Kier molecular flexibility index (Phi) is 9.75. The molecule has 0 radical (unpaired) electrons. The van der Waals surface area contributed by atoms with Crippen molar-refractivity contribution in [3.8, 4) is 0 Å². The van der Waals surface area contributed by atoms with Gasteiger partial charge in [-0.15, -0.1) is 0 Å². The van der Waals surface area contributed by atoms with Gasteiger partial charge < -0.3 is 25.2 Å². The van der Waals surface area contributed by atoms with Gasteiger partial charge in [0.2, 0.25) is 5.91 Å². The van der Waals surface area contributed by atoms with E-state index in [1.807, 2.05) is 6.92 Å². The minimum Gasteiger partial charge on any atom is -0.748 e. The second kappa shape index (κ2) is 11.4. The summed E-state index contributed by atoms with van der Waals surface area (Å²) in [6, 6.07) is 0. The summed E-state index contributed by atoms with van der Waals surface area (Å²) in [4.78, 5) is 12.2. The third-order valence-corrected chi connectivity index (χ3v) is 11.7. The first-order valence-electron chi connectivity index (χ1n) is 13.5. The Labute approximate surface area is 238 Å². The number of fused-ring (bicyclic) bond motifs is 5. The Balaban J connectivity index is 0.00000361. The summed E-state index contributed by atoms with van der Waals surface area (Å²) < 4.78 is 32.2. The summed E-state index contributed by atoms with van der Waals surface area (Å²) in [7, 11) is -4.36. The van der Waals surface area contributed by atoms with E-state index in [0.29, 0.717) is 30.6 Å². The Morgan fingerprint density at radius 1 is 1.08 bits per heavy atom. The molecule has 4 aliphatic rings. The summed E-state index contributed by atoms with van der Waals surface area (Å²) in [5, 5.41) is 35.6. The summed E-state index contributed by atoms with van der Waals surface area (Å²) in [6.07, 6.45) is 5.77. The molecule has 0 saturated heterocycles. The molecule has 0 spiro atoms. The van der Waals surface area contributed by atoms with Gasteiger partial charge in [0.25, 0.3) is 0 Å². The molecule has 11 unspecified atom stereocenters. The van der Waals surface area contributed by atoms with Crippen LogP contribution in [-0.4, -0.2) is 64.8 Å². The molecule has 1 amide bonds. The van der Waals surface area contributed by atoms with E-state index in [2.05, 4.69) is 19.2 Å². The zero-order valence-electron chi connectivity index (χ0n) is 22.4. The maximum absolute atomic E-state index is 12.2. The Morgan fingerprint density at radius 2 is 1.78 bits per heavy atom. The zero-order valence-corrected chi connectivity index (χ0v) is 25.2. The van der Waals surface area contributed by atoms with E-state index in [1.165, 1.54) is 0 Å². The van der Waals surface area contributed by atoms with Crippen molar-refractivity contribution < 1.29 is 62.6 Å². The molecule has 4 N–H and O–H groups in total. The summed E-state index contributed by atoms with van der Waals surface area (Å²) in [6.45, 7) is 6.37. The molecule has 36 heavy (non-hydrogen) atoms. The first-order valence-corrected chi connectivity index (χ1v) is 15.1. The van der Waals surface area contributed by atoms with E-state index in [4.69, 9.17) is 0 Å². The van der Waals surface area contributed by atoms with Gasteiger partial charge in [-0.05, 0) is 92.3 Å². The fourth-order valence-corrected chi connectivity index (χ4v) is 9.55. The van der Waals surface area contributed by atoms with E-state index in [0.717, 1.165) is 38.5 Å². The fourth-order valence-electron chi connectivity index (χ4n) is 9.20. The molecule has 202 valence electrons. The normalized spacial score (nSPS) is 45.0. The quantitative estimate of drug-likeness (QED) is 0.241. The smallest absolute Gasteiger partial charge is 0.748 e. The Hall–Kier alpha value is 0.260. The van der Waals surface area contributed by atoms with Crippen molar-refractivity contribution in [2.75, 3.05) is 12.3 Å². The molecule has 0 bridgehead atoms. The average Bonchev–Trinajstić information content (AvgIpc) is 3.04. The topological polar surface area (TPSA) is 147 Å². The van der Waals surface area contributed by atoms with Crippen LogP contribution >= 0.6 is 0 Å². The van der Waals surface area contributed by atoms with Crippen LogP contribution in [0.2, 0.25) is 0 Å². The van der Waals surface area contributed by atoms with E-state index in [1.54, 1.807) is 0 Å². The number of carbonyl (C=O) groups excluding carboxylic acids is 1. The van der Waals surface area contributed by atoms with E-state index in [9.17, 15) is 33.1 Å². The number of aliphatic hydroxyl groups excluding tert-OH is 3. The van der Waals surface area contributed by atoms with Crippen LogP contribution in [0.3, 0.4) is 0 Å². The van der Waals surface area contributed by atoms with Crippen LogP contribution in [0.1, 0.15) is 78.6 Å². The standard InChI is InChI=1S/C26H45NO7S.Na/c1-15(4-7-23(31)27-10-11-35(32,33)34)24-21(29)13-20-18-6-5-16-12-17(28)8-9-25(16,2)19(18)14-22(30)26(20,24)3;/h15-22,24,28-30H,4-14H2,1-3H3,(H,27,31)(H,32,33,34);/q;+1/p-1. The van der Waals surface area contributed by atoms with Gasteiger partial charge >= 0.3 is 29.6 Å². The molecule has 10 heteroatoms. The maximum Gasteiger partial charge on any atom is 1.00 e. The van der Waals surface area contributed by atoms with Crippen LogP contribution < -0.4 is 34.9 Å². The van der Waals surface area contributed by atoms with Crippen LogP contribution in [0, 0.1) is 46.3 Å². The summed E-state index contributed by atoms with van der Waals surface area (Å²) >= 11 is 0. The van der Waals surface area contributed by atoms with Gasteiger partial charge in [-0.25, -0.2) is 8.42 Å². The molecule has 0 heterocycles. The summed E-state index contributed by atoms with van der Waals surface area (Å²) in [5.74, 6) is 0.580. The second-order valence-electron chi connectivity index (χ2n) is 12.7. The molecule has 11 atom stereocenters. The second-order valence-corrected chi connectivity index (χ2v) is 14.2. The third-order valence-electron chi connectivity index (χ3n) is 11.0.